The van der Waals surface area contributed by atoms with Crippen LogP contribution in [0.25, 0.3) is 10.9 Å². The molecule has 134 valence electrons. The Labute approximate surface area is 148 Å². The number of rotatable bonds is 6. The molecule has 0 N–H and O–H groups in total. The Hall–Kier alpha value is -2.22. The molecule has 0 bridgehead atoms. The number of alkyl halides is 1. The van der Waals surface area contributed by atoms with Gasteiger partial charge in [0.05, 0.1) is 25.0 Å². The lowest BCUT2D eigenvalue weighted by molar-refractivity contribution is -0.132. The number of amides is 1. The Kier molecular flexibility index (Phi) is 5.17. The molecule has 1 aliphatic rings. The van der Waals surface area contributed by atoms with Crippen molar-refractivity contribution in [2.45, 2.75) is 45.6 Å². The molecule has 1 atom stereocenters. The van der Waals surface area contributed by atoms with Crippen molar-refractivity contribution in [2.24, 2.45) is 0 Å². The van der Waals surface area contributed by atoms with Crippen LogP contribution in [0.2, 0.25) is 0 Å². The van der Waals surface area contributed by atoms with E-state index < -0.39 is 6.67 Å². The van der Waals surface area contributed by atoms with Gasteiger partial charge < -0.3 is 14.2 Å². The molecule has 0 aliphatic heterocycles. The molecule has 0 radical (unpaired) electrons. The van der Waals surface area contributed by atoms with Gasteiger partial charge in [0.2, 0.25) is 5.91 Å². The van der Waals surface area contributed by atoms with Crippen molar-refractivity contribution in [2.75, 3.05) is 26.9 Å². The molecular weight excluding hydrogens is 319 g/mol. The number of hydrogen-bond donors (Lipinski definition) is 0. The molecule has 1 aliphatic carbocycles. The second-order valence-corrected chi connectivity index (χ2v) is 6.36. The molecule has 3 rings (SSSR count). The van der Waals surface area contributed by atoms with Gasteiger partial charge >= 0.3 is 0 Å². The molecule has 25 heavy (non-hydrogen) atoms. The predicted octanol–water partition coefficient (Wildman–Crippen LogP) is 3.51. The molecule has 1 unspecified atom stereocenters. The highest BCUT2D eigenvalue weighted by Crippen LogP contribution is 2.43. The Balaban J connectivity index is 2.23. The van der Waals surface area contributed by atoms with Crippen LogP contribution < -0.4 is 4.74 Å². The minimum atomic E-state index is -0.448. The van der Waals surface area contributed by atoms with Crippen LogP contribution >= 0.6 is 0 Å². The third kappa shape index (κ3) is 2.84. The van der Waals surface area contributed by atoms with Crippen molar-refractivity contribution in [1.29, 1.82) is 0 Å². The molecule has 2 aromatic rings. The lowest BCUT2D eigenvalue weighted by atomic mass is 9.84. The third-order valence-corrected chi connectivity index (χ3v) is 5.21. The maximum atomic E-state index is 13.2. The van der Waals surface area contributed by atoms with Gasteiger partial charge in [-0.05, 0) is 44.7 Å². The largest absolute Gasteiger partial charge is 0.495 e. The summed E-state index contributed by atoms with van der Waals surface area (Å²) in [6.45, 7) is 5.22. The topological polar surface area (TPSA) is 34.5 Å². The van der Waals surface area contributed by atoms with E-state index in [-0.39, 0.29) is 18.4 Å². The first kappa shape index (κ1) is 17.6. The zero-order chi connectivity index (χ0) is 18.0. The van der Waals surface area contributed by atoms with E-state index in [1.165, 1.54) is 0 Å². The van der Waals surface area contributed by atoms with Crippen LogP contribution in [0.3, 0.4) is 0 Å². The average molecular weight is 344 g/mol. The van der Waals surface area contributed by atoms with Gasteiger partial charge in [0.1, 0.15) is 17.9 Å². The molecule has 0 saturated carbocycles. The minimum absolute atomic E-state index is 0.153. The molecule has 1 aromatic carbocycles. The summed E-state index contributed by atoms with van der Waals surface area (Å²) in [4.78, 5) is 15.0. The van der Waals surface area contributed by atoms with E-state index >= 15 is 0 Å². The number of carbonyl (C=O) groups is 1. The van der Waals surface area contributed by atoms with Gasteiger partial charge in [-0.3, -0.25) is 4.79 Å². The second kappa shape index (κ2) is 7.35. The van der Waals surface area contributed by atoms with E-state index in [1.54, 1.807) is 13.2 Å². The summed E-state index contributed by atoms with van der Waals surface area (Å²) in [5.74, 6) is 0.638. The van der Waals surface area contributed by atoms with Gasteiger partial charge in [0.25, 0.3) is 0 Å². The quantitative estimate of drug-likeness (QED) is 0.804. The molecule has 0 fully saturated rings. The lowest BCUT2D eigenvalue weighted by Crippen LogP contribution is -2.36. The zero-order valence-corrected chi connectivity index (χ0v) is 15.2. The fourth-order valence-electron chi connectivity index (χ4n) is 4.07. The zero-order valence-electron chi connectivity index (χ0n) is 15.2. The summed E-state index contributed by atoms with van der Waals surface area (Å²) >= 11 is 0. The molecule has 1 amide bonds. The first-order valence-electron chi connectivity index (χ1n) is 9.03. The van der Waals surface area contributed by atoms with Gasteiger partial charge in [-0.25, -0.2) is 4.39 Å². The Morgan fingerprint density at radius 2 is 2.20 bits per heavy atom. The number of aromatic nitrogens is 1. The summed E-state index contributed by atoms with van der Waals surface area (Å²) < 4.78 is 20.7. The maximum absolute atomic E-state index is 13.2. The number of ether oxygens (including phenoxy) is 1. The van der Waals surface area contributed by atoms with Gasteiger partial charge in [0.15, 0.2) is 0 Å². The van der Waals surface area contributed by atoms with Crippen LogP contribution in [0.1, 0.15) is 43.9 Å². The number of nitrogens with zero attached hydrogens (tertiary/aromatic N) is 2. The minimum Gasteiger partial charge on any atom is -0.495 e. The van der Waals surface area contributed by atoms with E-state index in [1.807, 2.05) is 23.3 Å². The van der Waals surface area contributed by atoms with E-state index in [4.69, 9.17) is 4.74 Å². The number of aryl methyl sites for hydroxylation is 1. The van der Waals surface area contributed by atoms with Crippen molar-refractivity contribution >= 4 is 16.8 Å². The second-order valence-electron chi connectivity index (χ2n) is 6.36. The van der Waals surface area contributed by atoms with Crippen LogP contribution in [-0.2, 0) is 17.8 Å². The maximum Gasteiger partial charge on any atom is 0.230 e. The average Bonchev–Trinajstić information content (AvgIpc) is 2.97. The van der Waals surface area contributed by atoms with Crippen LogP contribution in [0, 0.1) is 12.1 Å². The van der Waals surface area contributed by atoms with E-state index in [2.05, 4.69) is 12.1 Å². The van der Waals surface area contributed by atoms with E-state index in [0.717, 1.165) is 41.4 Å². The van der Waals surface area contributed by atoms with E-state index in [9.17, 15) is 9.18 Å². The van der Waals surface area contributed by atoms with Gasteiger partial charge in [-0.15, -0.1) is 0 Å². The smallest absolute Gasteiger partial charge is 0.230 e. The Bertz CT molecular complexity index is 765. The highest BCUT2D eigenvalue weighted by Gasteiger charge is 2.34. The number of hydrogen-bond acceptors (Lipinski definition) is 2. The fourth-order valence-corrected chi connectivity index (χ4v) is 4.07. The molecular formula is C20H25FN2O2. The van der Waals surface area contributed by atoms with Crippen LogP contribution in [0.5, 0.6) is 5.75 Å². The van der Waals surface area contributed by atoms with Crippen molar-refractivity contribution in [3.63, 3.8) is 0 Å². The number of likely N-dealkylation sites (N-methyl/N-ethyl adjacent to an activating group) is 1. The summed E-state index contributed by atoms with van der Waals surface area (Å²) in [6.07, 6.45) is 2.60. The number of methoxy groups -OCH3 is 1. The first-order valence-corrected chi connectivity index (χ1v) is 9.03. The van der Waals surface area contributed by atoms with Crippen LogP contribution in [0.4, 0.5) is 4.39 Å². The molecule has 5 heteroatoms. The third-order valence-electron chi connectivity index (χ3n) is 5.21. The Morgan fingerprint density at radius 1 is 1.44 bits per heavy atom. The van der Waals surface area contributed by atoms with Crippen molar-refractivity contribution in [1.82, 2.24) is 9.47 Å². The Morgan fingerprint density at radius 3 is 2.84 bits per heavy atom. The molecule has 0 spiro atoms. The first-order chi connectivity index (χ1) is 12.2. The van der Waals surface area contributed by atoms with Crippen molar-refractivity contribution in [3.8, 4) is 5.75 Å². The monoisotopic (exact) mass is 344 g/mol. The van der Waals surface area contributed by atoms with Crippen molar-refractivity contribution < 1.29 is 13.9 Å². The fraction of sp³-hybridized carbons (Fsp3) is 0.550. The summed E-state index contributed by atoms with van der Waals surface area (Å²) in [5.41, 5.74) is 2.86. The summed E-state index contributed by atoms with van der Waals surface area (Å²) in [6, 6.07) is 7.83. The van der Waals surface area contributed by atoms with E-state index in [0.29, 0.717) is 18.8 Å². The number of fused-ring (bicyclic) bond motifs is 3. The van der Waals surface area contributed by atoms with Crippen LogP contribution in [-0.4, -0.2) is 42.2 Å². The highest BCUT2D eigenvalue weighted by atomic mass is 19.1. The number of halogens is 1. The number of carbonyl (C=O) groups excluding carboxylic acids is 1. The predicted molar refractivity (Wildman–Crippen MR) is 95.7 cm³/mol. The summed E-state index contributed by atoms with van der Waals surface area (Å²) in [7, 11) is 1.62. The van der Waals surface area contributed by atoms with Crippen LogP contribution in [0.15, 0.2) is 6.07 Å². The van der Waals surface area contributed by atoms with Gasteiger partial charge in [-0.1, -0.05) is 6.07 Å². The molecule has 4 nitrogen and oxygen atoms in total. The normalized spacial score (nSPS) is 16.4. The SMILES string of the molecule is CCN(CC)C(=O)C1CCCc2c1c1c(OC)cc#cc1n2CCF. The highest BCUT2D eigenvalue weighted by molar-refractivity contribution is 5.96. The lowest BCUT2D eigenvalue weighted by Gasteiger charge is -2.29. The van der Waals surface area contributed by atoms with Gasteiger partial charge in [-0.2, -0.15) is 0 Å². The standard InChI is InChI=1S/C20H25FN2O2/c1-4-22(5-2)20(24)14-8-6-9-15-18(14)19-16(23(15)13-12-21)10-7-11-17(19)25-3/h11,14H,4-6,8-9,12-13H2,1-3H3. The molecule has 0 saturated heterocycles. The summed E-state index contributed by atoms with van der Waals surface area (Å²) in [5, 5.41) is 0.898. The van der Waals surface area contributed by atoms with Gasteiger partial charge in [0, 0.05) is 24.8 Å². The molecule has 1 aromatic heterocycles. The van der Waals surface area contributed by atoms with Crippen molar-refractivity contribution in [3.05, 3.63) is 29.5 Å². The molecule has 1 heterocycles.